The summed E-state index contributed by atoms with van der Waals surface area (Å²) in [5, 5.41) is 0. The summed E-state index contributed by atoms with van der Waals surface area (Å²) >= 11 is 0. The van der Waals surface area contributed by atoms with Crippen LogP contribution in [-0.2, 0) is 14.3 Å². The van der Waals surface area contributed by atoms with Crippen LogP contribution in [0.2, 0.25) is 0 Å². The molecule has 7 nitrogen and oxygen atoms in total. The van der Waals surface area contributed by atoms with Crippen LogP contribution >= 0.6 is 0 Å². The van der Waals surface area contributed by atoms with Gasteiger partial charge >= 0.3 is 0 Å². The number of Topliss-reactive ketones (excluding diaryl/α,β-unsaturated/α-hetero) is 1. The third-order valence-electron chi connectivity index (χ3n) is 5.21. The first-order valence-electron chi connectivity index (χ1n) is 10.0. The Labute approximate surface area is 182 Å². The van der Waals surface area contributed by atoms with Crippen molar-refractivity contribution in [2.24, 2.45) is 0 Å². The molecule has 166 valence electrons. The monoisotopic (exact) mass is 442 g/mol. The molecule has 1 fully saturated rings. The largest absolute Gasteiger partial charge is 0.478 e. The van der Waals surface area contributed by atoms with Crippen LogP contribution in [0.3, 0.4) is 0 Å². The Morgan fingerprint density at radius 2 is 1.78 bits per heavy atom. The zero-order valence-corrected chi connectivity index (χ0v) is 17.3. The van der Waals surface area contributed by atoms with Crippen LogP contribution in [0.5, 0.6) is 5.75 Å². The molecule has 2 heterocycles. The summed E-state index contributed by atoms with van der Waals surface area (Å²) < 4.78 is 39.4. The lowest BCUT2D eigenvalue weighted by Crippen LogP contribution is -2.43. The fraction of sp³-hybridized carbons (Fsp3) is 0.261. The Kier molecular flexibility index (Phi) is 6.00. The molecule has 0 radical (unpaired) electrons. The van der Waals surface area contributed by atoms with Crippen molar-refractivity contribution in [3.63, 3.8) is 0 Å². The van der Waals surface area contributed by atoms with Crippen LogP contribution in [0.4, 0.5) is 14.5 Å². The first-order chi connectivity index (χ1) is 15.4. The molecule has 2 amide bonds. The molecule has 0 atom stereocenters. The molecule has 0 aliphatic carbocycles. The number of ketones is 1. The van der Waals surface area contributed by atoms with Crippen LogP contribution in [0.1, 0.15) is 22.8 Å². The highest BCUT2D eigenvalue weighted by Gasteiger charge is 2.34. The Morgan fingerprint density at radius 1 is 1.12 bits per heavy atom. The van der Waals surface area contributed by atoms with E-state index in [1.54, 1.807) is 24.3 Å². The van der Waals surface area contributed by atoms with Gasteiger partial charge in [-0.05, 0) is 35.9 Å². The second-order valence-corrected chi connectivity index (χ2v) is 7.33. The Hall–Kier alpha value is -3.59. The summed E-state index contributed by atoms with van der Waals surface area (Å²) in [6.07, 6.45) is 1.25. The molecule has 4 rings (SSSR count). The molecule has 2 aliphatic rings. The smallest absolute Gasteiger partial charge is 0.260 e. The molecule has 0 unspecified atom stereocenters. The van der Waals surface area contributed by atoms with E-state index >= 15 is 0 Å². The van der Waals surface area contributed by atoms with Crippen LogP contribution in [0.15, 0.2) is 42.1 Å². The number of amides is 2. The fourth-order valence-corrected chi connectivity index (χ4v) is 3.70. The molecule has 32 heavy (non-hydrogen) atoms. The van der Waals surface area contributed by atoms with Crippen molar-refractivity contribution in [3.8, 4) is 5.75 Å². The molecule has 0 spiro atoms. The number of allylic oxidation sites excluding steroid dienone is 1. The molecule has 1 saturated heterocycles. The number of morpholine rings is 1. The summed E-state index contributed by atoms with van der Waals surface area (Å²) in [5.41, 5.74) is 0.776. The molecule has 0 N–H and O–H groups in total. The van der Waals surface area contributed by atoms with Crippen molar-refractivity contribution in [1.82, 2.24) is 4.90 Å². The van der Waals surface area contributed by atoms with E-state index in [4.69, 9.17) is 9.47 Å². The highest BCUT2D eigenvalue weighted by atomic mass is 19.1. The SMILES string of the molecule is CC(=O)N1/C(=C\c2cc(F)c(OCC(=O)N3CCOCC3)c(F)c2)C(=O)c2ccccc21. The number of fused-ring (bicyclic) bond motifs is 1. The molecule has 0 aromatic heterocycles. The summed E-state index contributed by atoms with van der Waals surface area (Å²) in [7, 11) is 0. The van der Waals surface area contributed by atoms with Crippen LogP contribution < -0.4 is 9.64 Å². The van der Waals surface area contributed by atoms with E-state index in [2.05, 4.69) is 0 Å². The highest BCUT2D eigenvalue weighted by molar-refractivity contribution is 6.26. The van der Waals surface area contributed by atoms with Crippen molar-refractivity contribution in [1.29, 1.82) is 0 Å². The van der Waals surface area contributed by atoms with Gasteiger partial charge in [-0.1, -0.05) is 12.1 Å². The van der Waals surface area contributed by atoms with E-state index in [9.17, 15) is 23.2 Å². The number of para-hydroxylation sites is 1. The van der Waals surface area contributed by atoms with Gasteiger partial charge in [-0.25, -0.2) is 8.78 Å². The maximum absolute atomic E-state index is 14.6. The maximum atomic E-state index is 14.6. The number of hydrogen-bond donors (Lipinski definition) is 0. The maximum Gasteiger partial charge on any atom is 0.260 e. The lowest BCUT2D eigenvalue weighted by molar-refractivity contribution is -0.137. The van der Waals surface area contributed by atoms with Crippen molar-refractivity contribution >= 4 is 29.4 Å². The standard InChI is InChI=1S/C23H20F2N2O5/c1-14(28)27-19-5-3-2-4-16(19)22(30)20(27)12-15-10-17(24)23(18(25)11-15)32-13-21(29)26-6-8-31-9-7-26/h2-5,10-12H,6-9,13H2,1H3/b20-12-. The van der Waals surface area contributed by atoms with Gasteiger partial charge in [0, 0.05) is 25.6 Å². The number of carbonyl (C=O) groups excluding carboxylic acids is 3. The van der Waals surface area contributed by atoms with Crippen molar-refractivity contribution < 1.29 is 32.6 Å². The second kappa shape index (κ2) is 8.88. The van der Waals surface area contributed by atoms with Gasteiger partial charge < -0.3 is 14.4 Å². The predicted molar refractivity (Wildman–Crippen MR) is 111 cm³/mol. The highest BCUT2D eigenvalue weighted by Crippen LogP contribution is 2.36. The first kappa shape index (κ1) is 21.6. The summed E-state index contributed by atoms with van der Waals surface area (Å²) in [6.45, 7) is 2.37. The molecule has 0 bridgehead atoms. The predicted octanol–water partition coefficient (Wildman–Crippen LogP) is 2.79. The minimum atomic E-state index is -1.02. The lowest BCUT2D eigenvalue weighted by Gasteiger charge is -2.26. The van der Waals surface area contributed by atoms with Crippen molar-refractivity contribution in [3.05, 3.63) is 64.9 Å². The van der Waals surface area contributed by atoms with Gasteiger partial charge in [-0.2, -0.15) is 0 Å². The van der Waals surface area contributed by atoms with Crippen LogP contribution in [0, 0.1) is 11.6 Å². The zero-order valence-electron chi connectivity index (χ0n) is 17.3. The minimum absolute atomic E-state index is 0.00587. The zero-order chi connectivity index (χ0) is 22.8. The second-order valence-electron chi connectivity index (χ2n) is 7.33. The molecule has 2 aliphatic heterocycles. The lowest BCUT2D eigenvalue weighted by atomic mass is 10.1. The summed E-state index contributed by atoms with van der Waals surface area (Å²) in [6, 6.07) is 8.53. The summed E-state index contributed by atoms with van der Waals surface area (Å²) in [4.78, 5) is 39.8. The molecular weight excluding hydrogens is 422 g/mol. The van der Waals surface area contributed by atoms with Gasteiger partial charge in [-0.15, -0.1) is 0 Å². The van der Waals surface area contributed by atoms with Crippen molar-refractivity contribution in [2.75, 3.05) is 37.8 Å². The average molecular weight is 442 g/mol. The van der Waals surface area contributed by atoms with Gasteiger partial charge in [0.1, 0.15) is 0 Å². The van der Waals surface area contributed by atoms with Gasteiger partial charge in [0.25, 0.3) is 5.91 Å². The van der Waals surface area contributed by atoms with E-state index < -0.39 is 41.6 Å². The molecule has 0 saturated carbocycles. The first-order valence-corrected chi connectivity index (χ1v) is 10.0. The number of hydrogen-bond acceptors (Lipinski definition) is 5. The molecule has 9 heteroatoms. The van der Waals surface area contributed by atoms with Gasteiger partial charge in [0.2, 0.25) is 11.7 Å². The number of carbonyl (C=O) groups is 3. The van der Waals surface area contributed by atoms with Crippen LogP contribution in [-0.4, -0.2) is 55.4 Å². The number of ether oxygens (including phenoxy) is 2. The van der Waals surface area contributed by atoms with E-state index in [1.165, 1.54) is 22.8 Å². The van der Waals surface area contributed by atoms with Crippen molar-refractivity contribution in [2.45, 2.75) is 6.92 Å². The number of nitrogens with zero attached hydrogens (tertiary/aromatic N) is 2. The van der Waals surface area contributed by atoms with E-state index in [-0.39, 0.29) is 11.3 Å². The summed E-state index contributed by atoms with van der Waals surface area (Å²) in [5.74, 6) is -3.96. The molecule has 2 aromatic carbocycles. The minimum Gasteiger partial charge on any atom is -0.478 e. The van der Waals surface area contributed by atoms with Crippen LogP contribution in [0.25, 0.3) is 6.08 Å². The Morgan fingerprint density at radius 3 is 2.44 bits per heavy atom. The number of benzene rings is 2. The third kappa shape index (κ3) is 4.11. The topological polar surface area (TPSA) is 76.2 Å². The average Bonchev–Trinajstić information content (AvgIpc) is 3.05. The Bertz CT molecular complexity index is 1100. The third-order valence-corrected chi connectivity index (χ3v) is 5.21. The molecule has 2 aromatic rings. The van der Waals surface area contributed by atoms with Gasteiger partial charge in [0.05, 0.1) is 24.6 Å². The number of anilines is 1. The number of halogens is 2. The Balaban J connectivity index is 1.56. The van der Waals surface area contributed by atoms with Gasteiger partial charge in [-0.3, -0.25) is 19.3 Å². The molecular formula is C23H20F2N2O5. The van der Waals surface area contributed by atoms with E-state index in [0.717, 1.165) is 12.1 Å². The fourth-order valence-electron chi connectivity index (χ4n) is 3.70. The van der Waals surface area contributed by atoms with Gasteiger partial charge in [0.15, 0.2) is 24.0 Å². The normalized spacial score (nSPS) is 17.0. The van der Waals surface area contributed by atoms with E-state index in [0.29, 0.717) is 37.6 Å². The quantitative estimate of drug-likeness (QED) is 0.681. The number of rotatable bonds is 4. The van der Waals surface area contributed by atoms with E-state index in [1.807, 2.05) is 0 Å².